The van der Waals surface area contributed by atoms with Gasteiger partial charge in [-0.3, -0.25) is 4.79 Å². The Morgan fingerprint density at radius 3 is 2.22 bits per heavy atom. The first kappa shape index (κ1) is 26.3. The molecule has 0 saturated heterocycles. The molecule has 1 atom stereocenters. The molecule has 0 aromatic heterocycles. The summed E-state index contributed by atoms with van der Waals surface area (Å²) in [7, 11) is -4.18. The summed E-state index contributed by atoms with van der Waals surface area (Å²) < 4.78 is 31.7. The lowest BCUT2D eigenvalue weighted by molar-refractivity contribution is -0.131. The van der Waals surface area contributed by atoms with Crippen LogP contribution in [0.3, 0.4) is 0 Å². The molecule has 0 saturated carbocycles. The van der Waals surface area contributed by atoms with E-state index >= 15 is 0 Å². The van der Waals surface area contributed by atoms with E-state index in [1.165, 1.54) is 25.1 Å². The van der Waals surface area contributed by atoms with E-state index in [-0.39, 0.29) is 39.2 Å². The van der Waals surface area contributed by atoms with E-state index in [1.54, 1.807) is 11.0 Å². The van der Waals surface area contributed by atoms with E-state index in [2.05, 4.69) is 4.90 Å². The molecular weight excluding hydrogens is 471 g/mol. The van der Waals surface area contributed by atoms with Crippen molar-refractivity contribution in [1.82, 2.24) is 4.90 Å². The molecule has 0 aliphatic heterocycles. The van der Waals surface area contributed by atoms with E-state index in [0.717, 1.165) is 25.2 Å². The van der Waals surface area contributed by atoms with Crippen LogP contribution in [0, 0.1) is 0 Å². The Labute approximate surface area is 201 Å². The number of hydrogen-bond acceptors (Lipinski definition) is 5. The van der Waals surface area contributed by atoms with Crippen molar-refractivity contribution in [2.75, 3.05) is 18.0 Å². The highest BCUT2D eigenvalue weighted by Gasteiger charge is 2.23. The van der Waals surface area contributed by atoms with Gasteiger partial charge in [0.05, 0.1) is 10.0 Å². The molecule has 0 radical (unpaired) electrons. The van der Waals surface area contributed by atoms with E-state index < -0.39 is 10.1 Å². The van der Waals surface area contributed by atoms with Gasteiger partial charge in [-0.1, -0.05) is 36.2 Å². The number of benzene rings is 2. The Morgan fingerprint density at radius 1 is 1.03 bits per heavy atom. The molecule has 1 amide bonds. The fraction of sp³-hybridized carbons (Fsp3) is 0.435. The summed E-state index contributed by atoms with van der Waals surface area (Å²) in [6.07, 6.45) is 0.773. The summed E-state index contributed by atoms with van der Waals surface area (Å²) in [6, 6.07) is 9.43. The third-order valence-corrected chi connectivity index (χ3v) is 7.40. The first-order valence-corrected chi connectivity index (χ1v) is 12.7. The molecule has 0 unspecified atom stereocenters. The molecule has 176 valence electrons. The van der Waals surface area contributed by atoms with Crippen LogP contribution < -0.4 is 9.08 Å². The van der Waals surface area contributed by atoms with Gasteiger partial charge in [-0.2, -0.15) is 8.42 Å². The zero-order valence-corrected chi connectivity index (χ0v) is 21.4. The molecule has 32 heavy (non-hydrogen) atoms. The molecular formula is C23H30Cl2N2O4S. The van der Waals surface area contributed by atoms with E-state index in [9.17, 15) is 13.2 Å². The summed E-state index contributed by atoms with van der Waals surface area (Å²) in [5.41, 5.74) is 1.43. The van der Waals surface area contributed by atoms with Crippen LogP contribution in [-0.2, 0) is 21.5 Å². The minimum Gasteiger partial charge on any atom is -0.379 e. The van der Waals surface area contributed by atoms with Gasteiger partial charge in [-0.15, -0.1) is 0 Å². The van der Waals surface area contributed by atoms with E-state index in [0.29, 0.717) is 5.56 Å². The van der Waals surface area contributed by atoms with Gasteiger partial charge in [-0.25, -0.2) is 0 Å². The van der Waals surface area contributed by atoms with Crippen LogP contribution in [0.1, 0.15) is 46.6 Å². The summed E-state index contributed by atoms with van der Waals surface area (Å²) in [6.45, 7) is 11.2. The van der Waals surface area contributed by atoms with Gasteiger partial charge in [-0.05, 0) is 51.5 Å². The maximum atomic E-state index is 13.0. The summed E-state index contributed by atoms with van der Waals surface area (Å²) in [5, 5.41) is 0.369. The Hall–Kier alpha value is -1.96. The minimum absolute atomic E-state index is 0.00510. The molecule has 0 heterocycles. The van der Waals surface area contributed by atoms with Gasteiger partial charge in [0.15, 0.2) is 0 Å². The van der Waals surface area contributed by atoms with Crippen molar-refractivity contribution in [3.8, 4) is 5.75 Å². The highest BCUT2D eigenvalue weighted by molar-refractivity contribution is 7.87. The SMILES string of the molecule is CC[C@@H](C)N(Cc1ccc(N(CC)CC)cc1OS(=O)(=O)c1ccc(Cl)c(Cl)c1)C(C)=O. The monoisotopic (exact) mass is 500 g/mol. The normalized spacial score (nSPS) is 12.3. The molecule has 9 heteroatoms. The molecule has 2 aromatic carbocycles. The topological polar surface area (TPSA) is 66.9 Å². The van der Waals surface area contributed by atoms with Crippen molar-refractivity contribution in [2.24, 2.45) is 0 Å². The average molecular weight is 501 g/mol. The quantitative estimate of drug-likeness (QED) is 0.388. The molecule has 2 rings (SSSR count). The van der Waals surface area contributed by atoms with Gasteiger partial charge >= 0.3 is 10.1 Å². The molecule has 6 nitrogen and oxygen atoms in total. The van der Waals surface area contributed by atoms with Gasteiger partial charge in [0.1, 0.15) is 10.6 Å². The smallest absolute Gasteiger partial charge is 0.339 e. The van der Waals surface area contributed by atoms with Crippen LogP contribution in [0.5, 0.6) is 5.75 Å². The number of amides is 1. The largest absolute Gasteiger partial charge is 0.379 e. The Balaban J connectivity index is 2.53. The van der Waals surface area contributed by atoms with Crippen LogP contribution >= 0.6 is 23.2 Å². The van der Waals surface area contributed by atoms with Gasteiger partial charge < -0.3 is 14.0 Å². The maximum absolute atomic E-state index is 13.0. The predicted octanol–water partition coefficient (Wildman–Crippen LogP) is 5.75. The summed E-state index contributed by atoms with van der Waals surface area (Å²) in [4.78, 5) is 15.9. The number of carbonyl (C=O) groups excluding carboxylic acids is 1. The van der Waals surface area contributed by atoms with Crippen molar-refractivity contribution >= 4 is 44.9 Å². The number of rotatable bonds is 10. The van der Waals surface area contributed by atoms with E-state index in [1.807, 2.05) is 39.8 Å². The highest BCUT2D eigenvalue weighted by atomic mass is 35.5. The second kappa shape index (κ2) is 11.3. The average Bonchev–Trinajstić information content (AvgIpc) is 2.74. The number of nitrogens with zero attached hydrogens (tertiary/aromatic N) is 2. The number of halogens is 2. The molecule has 0 spiro atoms. The van der Waals surface area contributed by atoms with Crippen molar-refractivity contribution in [3.63, 3.8) is 0 Å². The third-order valence-electron chi connectivity index (χ3n) is 5.43. The lowest BCUT2D eigenvalue weighted by atomic mass is 10.1. The molecule has 0 N–H and O–H groups in total. The fourth-order valence-electron chi connectivity index (χ4n) is 3.32. The van der Waals surface area contributed by atoms with Gasteiger partial charge in [0.25, 0.3) is 0 Å². The Kier molecular flexibility index (Phi) is 9.25. The predicted molar refractivity (Wildman–Crippen MR) is 130 cm³/mol. The Bertz CT molecular complexity index is 1060. The van der Waals surface area contributed by atoms with Crippen LogP contribution in [-0.4, -0.2) is 38.4 Å². The lowest BCUT2D eigenvalue weighted by Gasteiger charge is -2.29. The number of carbonyl (C=O) groups is 1. The highest BCUT2D eigenvalue weighted by Crippen LogP contribution is 2.32. The zero-order chi connectivity index (χ0) is 24.1. The standard InChI is InChI=1S/C23H30Cl2N2O4S/c1-6-16(4)27(17(5)28)15-18-9-10-19(26(7-2)8-3)13-23(18)31-32(29,30)20-11-12-21(24)22(25)14-20/h9-14,16H,6-8,15H2,1-5H3/t16-/m1/s1. The van der Waals surface area contributed by atoms with E-state index in [4.69, 9.17) is 27.4 Å². The maximum Gasteiger partial charge on any atom is 0.339 e. The van der Waals surface area contributed by atoms with Crippen molar-refractivity contribution in [2.45, 2.75) is 58.5 Å². The second-order valence-corrected chi connectivity index (χ2v) is 9.84. The zero-order valence-electron chi connectivity index (χ0n) is 19.1. The van der Waals surface area contributed by atoms with Crippen molar-refractivity contribution in [3.05, 3.63) is 52.0 Å². The first-order chi connectivity index (χ1) is 15.0. The molecule has 0 aliphatic rings. The summed E-state index contributed by atoms with van der Waals surface area (Å²) in [5.74, 6) is 0.0838. The van der Waals surface area contributed by atoms with Crippen LogP contribution in [0.25, 0.3) is 0 Å². The molecule has 2 aromatic rings. The van der Waals surface area contributed by atoms with Crippen molar-refractivity contribution < 1.29 is 17.4 Å². The molecule has 0 bridgehead atoms. The summed E-state index contributed by atoms with van der Waals surface area (Å²) >= 11 is 11.9. The van der Waals surface area contributed by atoms with Crippen molar-refractivity contribution in [1.29, 1.82) is 0 Å². The van der Waals surface area contributed by atoms with Gasteiger partial charge in [0, 0.05) is 49.9 Å². The lowest BCUT2D eigenvalue weighted by Crippen LogP contribution is -2.36. The number of hydrogen-bond donors (Lipinski definition) is 0. The third kappa shape index (κ3) is 6.30. The van der Waals surface area contributed by atoms with Gasteiger partial charge in [0.2, 0.25) is 5.91 Å². The second-order valence-electron chi connectivity index (χ2n) is 7.48. The fourth-order valence-corrected chi connectivity index (χ4v) is 4.66. The van der Waals surface area contributed by atoms with Crippen LogP contribution in [0.15, 0.2) is 41.3 Å². The van der Waals surface area contributed by atoms with Crippen LogP contribution in [0.4, 0.5) is 5.69 Å². The molecule has 0 fully saturated rings. The van der Waals surface area contributed by atoms with Crippen LogP contribution in [0.2, 0.25) is 10.0 Å². The minimum atomic E-state index is -4.18. The first-order valence-electron chi connectivity index (χ1n) is 10.6. The molecule has 0 aliphatic carbocycles. The Morgan fingerprint density at radius 2 is 1.69 bits per heavy atom. The number of anilines is 1.